The van der Waals surface area contributed by atoms with Crippen LogP contribution >= 0.6 is 0 Å². The van der Waals surface area contributed by atoms with Gasteiger partial charge in [-0.1, -0.05) is 39.5 Å². The van der Waals surface area contributed by atoms with Crippen molar-refractivity contribution in [2.45, 2.75) is 57.9 Å². The van der Waals surface area contributed by atoms with E-state index in [4.69, 9.17) is 0 Å². The highest BCUT2D eigenvalue weighted by atomic mass is 16.4. The van der Waals surface area contributed by atoms with Gasteiger partial charge in [-0.05, 0) is 24.7 Å². The Bertz CT molecular complexity index is 274. The van der Waals surface area contributed by atoms with E-state index in [1.807, 2.05) is 0 Å². The van der Waals surface area contributed by atoms with Crippen molar-refractivity contribution in [1.29, 1.82) is 0 Å². The highest BCUT2D eigenvalue weighted by Crippen LogP contribution is 2.39. The van der Waals surface area contributed by atoms with Crippen molar-refractivity contribution in [3.63, 3.8) is 0 Å². The SMILES string of the molecule is CC(C)C1CN(C2(C(=O)O)CCCCCC2)C1. The summed E-state index contributed by atoms with van der Waals surface area (Å²) in [6.07, 6.45) is 6.28. The molecule has 1 saturated heterocycles. The Kier molecular flexibility index (Phi) is 3.76. The lowest BCUT2D eigenvalue weighted by Gasteiger charge is -2.51. The molecule has 17 heavy (non-hydrogen) atoms. The minimum absolute atomic E-state index is 0.526. The van der Waals surface area contributed by atoms with Crippen LogP contribution in [-0.4, -0.2) is 34.6 Å². The second-order valence-electron chi connectivity index (χ2n) is 6.16. The Hall–Kier alpha value is -0.570. The molecule has 3 nitrogen and oxygen atoms in total. The van der Waals surface area contributed by atoms with E-state index < -0.39 is 11.5 Å². The smallest absolute Gasteiger partial charge is 0.324 e. The molecule has 1 heterocycles. The molecule has 1 aliphatic carbocycles. The maximum Gasteiger partial charge on any atom is 0.324 e. The van der Waals surface area contributed by atoms with E-state index in [1.54, 1.807) is 0 Å². The molecule has 0 aromatic carbocycles. The molecule has 0 aromatic rings. The van der Waals surface area contributed by atoms with Crippen molar-refractivity contribution in [2.24, 2.45) is 11.8 Å². The molecule has 1 aliphatic heterocycles. The van der Waals surface area contributed by atoms with Crippen LogP contribution in [-0.2, 0) is 4.79 Å². The lowest BCUT2D eigenvalue weighted by atomic mass is 9.79. The van der Waals surface area contributed by atoms with Crippen molar-refractivity contribution < 1.29 is 9.90 Å². The summed E-state index contributed by atoms with van der Waals surface area (Å²) < 4.78 is 0. The first-order valence-corrected chi connectivity index (χ1v) is 7.05. The van der Waals surface area contributed by atoms with Gasteiger partial charge in [0.2, 0.25) is 0 Å². The van der Waals surface area contributed by atoms with Gasteiger partial charge in [-0.25, -0.2) is 0 Å². The number of aliphatic carboxylic acids is 1. The number of rotatable bonds is 3. The van der Waals surface area contributed by atoms with E-state index in [1.165, 1.54) is 12.8 Å². The summed E-state index contributed by atoms with van der Waals surface area (Å²) in [7, 11) is 0. The number of carboxylic acids is 1. The highest BCUT2D eigenvalue weighted by Gasteiger charge is 2.49. The van der Waals surface area contributed by atoms with Gasteiger partial charge in [0.25, 0.3) is 0 Å². The van der Waals surface area contributed by atoms with Crippen molar-refractivity contribution in [2.75, 3.05) is 13.1 Å². The lowest BCUT2D eigenvalue weighted by molar-refractivity contribution is -0.160. The number of carbonyl (C=O) groups is 1. The largest absolute Gasteiger partial charge is 0.480 e. The molecule has 0 unspecified atom stereocenters. The Morgan fingerprint density at radius 3 is 2.12 bits per heavy atom. The number of hydrogen-bond acceptors (Lipinski definition) is 2. The summed E-state index contributed by atoms with van der Waals surface area (Å²) >= 11 is 0. The summed E-state index contributed by atoms with van der Waals surface area (Å²) in [6, 6.07) is 0. The molecular weight excluding hydrogens is 214 g/mol. The average molecular weight is 239 g/mol. The molecule has 0 amide bonds. The zero-order chi connectivity index (χ0) is 12.5. The molecule has 0 spiro atoms. The number of hydrogen-bond donors (Lipinski definition) is 1. The Balaban J connectivity index is 2.05. The summed E-state index contributed by atoms with van der Waals surface area (Å²) in [6.45, 7) is 6.46. The van der Waals surface area contributed by atoms with Crippen molar-refractivity contribution in [1.82, 2.24) is 4.90 Å². The van der Waals surface area contributed by atoms with Gasteiger partial charge >= 0.3 is 5.97 Å². The molecule has 0 bridgehead atoms. The quantitative estimate of drug-likeness (QED) is 0.770. The molecule has 98 valence electrons. The summed E-state index contributed by atoms with van der Waals surface area (Å²) in [5, 5.41) is 9.63. The van der Waals surface area contributed by atoms with Gasteiger partial charge in [0.1, 0.15) is 5.54 Å². The Labute approximate surface area is 104 Å². The van der Waals surface area contributed by atoms with E-state index in [-0.39, 0.29) is 0 Å². The minimum atomic E-state index is -0.582. The van der Waals surface area contributed by atoms with Crippen LogP contribution in [0.5, 0.6) is 0 Å². The second-order valence-corrected chi connectivity index (χ2v) is 6.16. The first kappa shape index (κ1) is 12.9. The average Bonchev–Trinajstić information content (AvgIpc) is 2.41. The third kappa shape index (κ3) is 2.35. The van der Waals surface area contributed by atoms with Gasteiger partial charge in [-0.2, -0.15) is 0 Å². The molecule has 2 rings (SSSR count). The monoisotopic (exact) mass is 239 g/mol. The molecule has 0 atom stereocenters. The van der Waals surface area contributed by atoms with Crippen molar-refractivity contribution in [3.8, 4) is 0 Å². The summed E-state index contributed by atoms with van der Waals surface area (Å²) in [4.78, 5) is 13.9. The third-order valence-corrected chi connectivity index (χ3v) is 4.79. The number of carboxylic acid groups (broad SMARTS) is 1. The molecule has 2 fully saturated rings. The molecule has 1 N–H and O–H groups in total. The lowest BCUT2D eigenvalue weighted by Crippen LogP contribution is -2.64. The predicted molar refractivity (Wildman–Crippen MR) is 68.0 cm³/mol. The van der Waals surface area contributed by atoms with Gasteiger partial charge in [0.05, 0.1) is 0 Å². The van der Waals surface area contributed by atoms with E-state index in [0.29, 0.717) is 11.8 Å². The van der Waals surface area contributed by atoms with Crippen LogP contribution < -0.4 is 0 Å². The predicted octanol–water partition coefficient (Wildman–Crippen LogP) is 2.75. The molecule has 2 aliphatic rings. The number of nitrogens with zero attached hydrogens (tertiary/aromatic N) is 1. The maximum absolute atomic E-state index is 11.7. The van der Waals surface area contributed by atoms with E-state index >= 15 is 0 Å². The van der Waals surface area contributed by atoms with Crippen LogP contribution in [0.4, 0.5) is 0 Å². The summed E-state index contributed by atoms with van der Waals surface area (Å²) in [5.74, 6) is 0.805. The Morgan fingerprint density at radius 2 is 1.71 bits per heavy atom. The topological polar surface area (TPSA) is 40.5 Å². The minimum Gasteiger partial charge on any atom is -0.480 e. The first-order chi connectivity index (χ1) is 8.06. The standard InChI is InChI=1S/C14H25NO2/c1-11(2)12-9-15(10-12)14(13(16)17)7-5-3-4-6-8-14/h11-12H,3-10H2,1-2H3,(H,16,17). The van der Waals surface area contributed by atoms with Crippen molar-refractivity contribution in [3.05, 3.63) is 0 Å². The molecule has 3 heteroatoms. The summed E-state index contributed by atoms with van der Waals surface area (Å²) in [5.41, 5.74) is -0.526. The highest BCUT2D eigenvalue weighted by molar-refractivity contribution is 5.79. The van der Waals surface area contributed by atoms with E-state index in [0.717, 1.165) is 38.8 Å². The molecular formula is C14H25NO2. The normalized spacial score (nSPS) is 26.5. The van der Waals surface area contributed by atoms with Crippen LogP contribution in [0.2, 0.25) is 0 Å². The fourth-order valence-corrected chi connectivity index (χ4v) is 3.26. The van der Waals surface area contributed by atoms with Gasteiger partial charge in [-0.3, -0.25) is 9.69 Å². The van der Waals surface area contributed by atoms with E-state index in [2.05, 4.69) is 18.7 Å². The van der Waals surface area contributed by atoms with Crippen LogP contribution in [0.1, 0.15) is 52.4 Å². The first-order valence-electron chi connectivity index (χ1n) is 7.05. The Morgan fingerprint density at radius 1 is 1.18 bits per heavy atom. The van der Waals surface area contributed by atoms with Crippen LogP contribution in [0.3, 0.4) is 0 Å². The fourth-order valence-electron chi connectivity index (χ4n) is 3.26. The van der Waals surface area contributed by atoms with Gasteiger partial charge < -0.3 is 5.11 Å². The van der Waals surface area contributed by atoms with Crippen LogP contribution in [0.15, 0.2) is 0 Å². The molecule has 0 aromatic heterocycles. The second kappa shape index (κ2) is 4.97. The van der Waals surface area contributed by atoms with Crippen LogP contribution in [0, 0.1) is 11.8 Å². The third-order valence-electron chi connectivity index (χ3n) is 4.79. The van der Waals surface area contributed by atoms with Gasteiger partial charge in [0, 0.05) is 13.1 Å². The van der Waals surface area contributed by atoms with Crippen molar-refractivity contribution >= 4 is 5.97 Å². The molecule has 0 radical (unpaired) electrons. The van der Waals surface area contributed by atoms with E-state index in [9.17, 15) is 9.90 Å². The fraction of sp³-hybridized carbons (Fsp3) is 0.929. The van der Waals surface area contributed by atoms with Gasteiger partial charge in [-0.15, -0.1) is 0 Å². The zero-order valence-electron chi connectivity index (χ0n) is 11.1. The van der Waals surface area contributed by atoms with Crippen LogP contribution in [0.25, 0.3) is 0 Å². The number of likely N-dealkylation sites (tertiary alicyclic amines) is 1. The molecule has 1 saturated carbocycles. The zero-order valence-corrected chi connectivity index (χ0v) is 11.1. The van der Waals surface area contributed by atoms with Gasteiger partial charge in [0.15, 0.2) is 0 Å². The maximum atomic E-state index is 11.7.